The molecule has 0 bridgehead atoms. The molecule has 0 spiro atoms. The van der Waals surface area contributed by atoms with E-state index in [4.69, 9.17) is 14.6 Å². The van der Waals surface area contributed by atoms with Crippen molar-refractivity contribution in [3.63, 3.8) is 0 Å². The van der Waals surface area contributed by atoms with E-state index in [-0.39, 0.29) is 183 Å². The molecule has 0 amide bonds. The molecule has 1 heterocycles. The van der Waals surface area contributed by atoms with Crippen molar-refractivity contribution >= 4 is 0 Å². The molecule has 0 aromatic rings. The Morgan fingerprint density at radius 2 is 1.53 bits per heavy atom. The molecule has 5 atom stereocenters. The van der Waals surface area contributed by atoms with Gasteiger partial charge >= 0.3 is 0 Å². The van der Waals surface area contributed by atoms with Gasteiger partial charge in [-0.3, -0.25) is 0 Å². The van der Waals surface area contributed by atoms with E-state index in [0.29, 0.717) is 0 Å². The second kappa shape index (κ2) is 18.1. The van der Waals surface area contributed by atoms with Crippen LogP contribution in [-0.4, -0.2) is 64.3 Å². The molecule has 4 N–H and O–H groups in total. The van der Waals surface area contributed by atoms with Crippen LogP contribution in [0.15, 0.2) is 12.7 Å². The summed E-state index contributed by atoms with van der Waals surface area (Å²) >= 11 is 0. The van der Waals surface area contributed by atoms with E-state index >= 15 is 0 Å². The molecule has 1 aliphatic heterocycles. The van der Waals surface area contributed by atoms with Crippen molar-refractivity contribution in [2.45, 2.75) is 30.7 Å². The van der Waals surface area contributed by atoms with Crippen LogP contribution in [0.1, 0.15) is 0 Å². The Morgan fingerprint density at radius 1 is 1.00 bits per heavy atom. The molecule has 0 aromatic heterocycles. The fraction of sp³-hybridized carbons (Fsp3) is 0.778. The largest absolute Gasteiger partial charge is 0.394 e. The zero-order valence-corrected chi connectivity index (χ0v) is 29.5. The van der Waals surface area contributed by atoms with Gasteiger partial charge in [0.2, 0.25) is 0 Å². The maximum atomic E-state index is 9.47. The van der Waals surface area contributed by atoms with Crippen LogP contribution in [0.5, 0.6) is 0 Å². The molecule has 6 nitrogen and oxygen atoms in total. The van der Waals surface area contributed by atoms with Crippen LogP contribution in [0.3, 0.4) is 0 Å². The van der Waals surface area contributed by atoms with E-state index in [1.54, 1.807) is 0 Å². The molecule has 1 aliphatic rings. The van der Waals surface area contributed by atoms with Gasteiger partial charge in [-0.25, -0.2) is 0 Å². The van der Waals surface area contributed by atoms with Crippen LogP contribution in [-0.2, 0) is 9.47 Å². The second-order valence-corrected chi connectivity index (χ2v) is 3.32. The summed E-state index contributed by atoms with van der Waals surface area (Å²) in [5.74, 6) is 0. The molecule has 19 heavy (non-hydrogen) atoms. The minimum atomic E-state index is -1.40. The van der Waals surface area contributed by atoms with Crippen molar-refractivity contribution in [1.82, 2.24) is 0 Å². The van der Waals surface area contributed by atoms with Crippen LogP contribution in [0.4, 0.5) is 0 Å². The van der Waals surface area contributed by atoms with Crippen molar-refractivity contribution in [1.29, 1.82) is 0 Å². The van der Waals surface area contributed by atoms with Gasteiger partial charge in [0.05, 0.1) is 13.2 Å². The van der Waals surface area contributed by atoms with Crippen LogP contribution in [0.2, 0.25) is 0 Å². The first kappa shape index (κ1) is 32.0. The van der Waals surface area contributed by atoms with Crippen molar-refractivity contribution in [2.75, 3.05) is 13.2 Å². The Bertz CT molecular complexity index is 221. The van der Waals surface area contributed by atoms with Gasteiger partial charge in [0.25, 0.3) is 0 Å². The topological polar surface area (TPSA) is 99.4 Å². The second-order valence-electron chi connectivity index (χ2n) is 3.32. The summed E-state index contributed by atoms with van der Waals surface area (Å²) in [6.07, 6.45) is -4.64. The summed E-state index contributed by atoms with van der Waals surface area (Å²) in [6.45, 7) is 3.10. The Morgan fingerprint density at radius 3 is 1.95 bits per heavy atom. The normalized spacial score (nSPS) is 32.7. The van der Waals surface area contributed by atoms with Gasteiger partial charge in [-0.05, 0) is 0 Å². The Labute approximate surface area is 256 Å². The van der Waals surface area contributed by atoms with Crippen LogP contribution >= 0.6 is 0 Å². The van der Waals surface area contributed by atoms with Crippen LogP contribution in [0, 0.1) is 176 Å². The SMILES string of the molecule is C=CCO[C@@H]1OC(CO)[C@H](O)[C@H](O)C1O.[Ac].[Ac].[Ac].[Ac]. The van der Waals surface area contributed by atoms with Gasteiger partial charge in [-0.1, -0.05) is 6.08 Å². The maximum absolute atomic E-state index is 9.47. The van der Waals surface area contributed by atoms with Crippen molar-refractivity contribution < 1.29 is 206 Å². The predicted molar refractivity (Wildman–Crippen MR) is 49.9 cm³/mol. The number of aliphatic hydroxyl groups is 4. The molecule has 0 aliphatic carbocycles. The van der Waals surface area contributed by atoms with E-state index in [0.717, 1.165) is 0 Å². The average Bonchev–Trinajstić information content (AvgIpc) is 2.25. The molecule has 1 fully saturated rings. The summed E-state index contributed by atoms with van der Waals surface area (Å²) < 4.78 is 10.1. The third-order valence-corrected chi connectivity index (χ3v) is 2.23. The summed E-state index contributed by atoms with van der Waals surface area (Å²) in [4.78, 5) is 0. The van der Waals surface area contributed by atoms with E-state index in [9.17, 15) is 15.3 Å². The van der Waals surface area contributed by atoms with Gasteiger partial charge in [-0.2, -0.15) is 0 Å². The van der Waals surface area contributed by atoms with E-state index in [1.165, 1.54) is 6.08 Å². The fourth-order valence-corrected chi connectivity index (χ4v) is 1.37. The standard InChI is InChI=1S/C9H16O6.4Ac/c1-2-3-14-9-8(13)7(12)6(11)5(4-10)15-9;;;;/h2,5-13H,1,3-4H2;;;;/t5?,6-,7-,8?,9+;;;;/m0..../s1. The first-order chi connectivity index (χ1) is 7.11. The molecule has 1 saturated heterocycles. The molecule has 100 valence electrons. The maximum Gasteiger partial charge on any atom is 0.187 e. The van der Waals surface area contributed by atoms with E-state index in [1.807, 2.05) is 0 Å². The molecule has 10 heteroatoms. The third kappa shape index (κ3) is 10.8. The van der Waals surface area contributed by atoms with Gasteiger partial charge in [0.15, 0.2) is 6.29 Å². The monoisotopic (exact) mass is 1130 g/mol. The van der Waals surface area contributed by atoms with Crippen LogP contribution in [0.25, 0.3) is 0 Å². The molecular formula is C9H16Ac4O6. The Balaban J connectivity index is -0.000000281. The minimum absolute atomic E-state index is 0. The zero-order valence-electron chi connectivity index (χ0n) is 10.5. The Kier molecular flexibility index (Phi) is 30.4. The van der Waals surface area contributed by atoms with Crippen molar-refractivity contribution in [3.8, 4) is 0 Å². The van der Waals surface area contributed by atoms with Crippen molar-refractivity contribution in [3.05, 3.63) is 12.7 Å². The number of rotatable bonds is 4. The van der Waals surface area contributed by atoms with Gasteiger partial charge in [0.1, 0.15) is 24.4 Å². The smallest absolute Gasteiger partial charge is 0.187 e. The van der Waals surface area contributed by atoms with Crippen LogP contribution < -0.4 is 0 Å². The average molecular weight is 1130 g/mol. The van der Waals surface area contributed by atoms with E-state index < -0.39 is 37.3 Å². The van der Waals surface area contributed by atoms with Gasteiger partial charge in [-0.15, -0.1) is 6.58 Å². The summed E-state index contributed by atoms with van der Waals surface area (Å²) in [6, 6.07) is 0. The summed E-state index contributed by atoms with van der Waals surface area (Å²) in [5, 5.41) is 37.1. The predicted octanol–water partition coefficient (Wildman–Crippen LogP) is -2.01. The number of hydrogen-bond acceptors (Lipinski definition) is 6. The van der Waals surface area contributed by atoms with Gasteiger partial charge in [0, 0.05) is 176 Å². The van der Waals surface area contributed by atoms with Gasteiger partial charge < -0.3 is 29.9 Å². The molecule has 1 rings (SSSR count). The van der Waals surface area contributed by atoms with E-state index in [2.05, 4.69) is 6.58 Å². The molecule has 0 saturated carbocycles. The van der Waals surface area contributed by atoms with Crippen molar-refractivity contribution in [2.24, 2.45) is 0 Å². The zero-order chi connectivity index (χ0) is 11.4. The molecule has 2 unspecified atom stereocenters. The summed E-state index contributed by atoms with van der Waals surface area (Å²) in [7, 11) is 0. The Hall–Kier alpha value is 5.27. The molecular weight excluding hydrogens is 1110 g/mol. The number of hydrogen-bond donors (Lipinski definition) is 4. The first-order valence-corrected chi connectivity index (χ1v) is 4.64. The first-order valence-electron chi connectivity index (χ1n) is 4.64. The fourth-order valence-electron chi connectivity index (χ4n) is 1.37. The number of aliphatic hydroxyl groups excluding tert-OH is 4. The quantitative estimate of drug-likeness (QED) is 0.244. The number of ether oxygens (including phenoxy) is 2. The summed E-state index contributed by atoms with van der Waals surface area (Å²) in [5.41, 5.74) is 0. The minimum Gasteiger partial charge on any atom is -0.394 e. The molecule has 0 aromatic carbocycles. The third-order valence-electron chi connectivity index (χ3n) is 2.23. The molecule has 4 radical (unpaired) electrons.